The molecule has 0 aliphatic rings. The number of fused-ring (bicyclic) bond motifs is 1. The summed E-state index contributed by atoms with van der Waals surface area (Å²) in [5.74, 6) is 0. The van der Waals surface area contributed by atoms with Gasteiger partial charge in [0.05, 0.1) is 16.8 Å². The first kappa shape index (κ1) is 13.6. The molecule has 23 heavy (non-hydrogen) atoms. The van der Waals surface area contributed by atoms with Gasteiger partial charge in [0.1, 0.15) is 5.01 Å². The summed E-state index contributed by atoms with van der Waals surface area (Å²) in [4.78, 5) is 15.6. The van der Waals surface area contributed by atoms with Crippen LogP contribution in [0.1, 0.15) is 0 Å². The van der Waals surface area contributed by atoms with Crippen LogP contribution in [0.2, 0.25) is 0 Å². The molecule has 0 unspecified atom stereocenters. The standard InChI is InChI=1S/C16H10N4O2S/c21-20(22)13-8-6-11(7-9-13)14-10-19-16(17-14)23-15(18-19)12-4-2-1-3-5-12/h1-10H. The fourth-order valence-electron chi connectivity index (χ4n) is 2.29. The van der Waals surface area contributed by atoms with Gasteiger partial charge < -0.3 is 0 Å². The molecule has 4 rings (SSSR count). The number of nitro benzene ring substituents is 1. The van der Waals surface area contributed by atoms with Crippen molar-refractivity contribution in [1.29, 1.82) is 0 Å². The van der Waals surface area contributed by atoms with Gasteiger partial charge in [-0.3, -0.25) is 10.1 Å². The molecular weight excluding hydrogens is 312 g/mol. The third-order valence-electron chi connectivity index (χ3n) is 3.44. The first-order chi connectivity index (χ1) is 11.2. The van der Waals surface area contributed by atoms with Crippen LogP contribution in [0.3, 0.4) is 0 Å². The van der Waals surface area contributed by atoms with Gasteiger partial charge in [0.25, 0.3) is 5.69 Å². The van der Waals surface area contributed by atoms with Crippen molar-refractivity contribution in [3.05, 3.63) is 70.9 Å². The first-order valence-electron chi connectivity index (χ1n) is 6.87. The van der Waals surface area contributed by atoms with E-state index in [0.717, 1.165) is 26.8 Å². The lowest BCUT2D eigenvalue weighted by Gasteiger charge is -1.96. The smallest absolute Gasteiger partial charge is 0.258 e. The summed E-state index contributed by atoms with van der Waals surface area (Å²) in [6.45, 7) is 0. The molecule has 2 heterocycles. The number of hydrogen-bond donors (Lipinski definition) is 0. The molecular formula is C16H10N4O2S. The van der Waals surface area contributed by atoms with Crippen LogP contribution in [0, 0.1) is 10.1 Å². The van der Waals surface area contributed by atoms with Crippen molar-refractivity contribution >= 4 is 22.0 Å². The Morgan fingerprint density at radius 3 is 2.39 bits per heavy atom. The van der Waals surface area contributed by atoms with Crippen molar-refractivity contribution in [3.8, 4) is 21.8 Å². The summed E-state index contributed by atoms with van der Waals surface area (Å²) in [6, 6.07) is 16.3. The molecule has 0 saturated carbocycles. The average Bonchev–Trinajstić information content (AvgIpc) is 3.14. The Labute approximate surface area is 134 Å². The Bertz CT molecular complexity index is 959. The van der Waals surface area contributed by atoms with Crippen molar-refractivity contribution in [2.75, 3.05) is 0 Å². The lowest BCUT2D eigenvalue weighted by molar-refractivity contribution is -0.384. The van der Waals surface area contributed by atoms with E-state index >= 15 is 0 Å². The van der Waals surface area contributed by atoms with E-state index in [1.54, 1.807) is 16.6 Å². The van der Waals surface area contributed by atoms with Gasteiger partial charge in [-0.1, -0.05) is 41.7 Å². The number of aromatic nitrogens is 3. The van der Waals surface area contributed by atoms with Crippen LogP contribution in [0.25, 0.3) is 26.8 Å². The predicted molar refractivity (Wildman–Crippen MR) is 88.4 cm³/mol. The van der Waals surface area contributed by atoms with E-state index in [9.17, 15) is 10.1 Å². The highest BCUT2D eigenvalue weighted by molar-refractivity contribution is 7.19. The molecule has 0 fully saturated rings. The molecule has 0 radical (unpaired) electrons. The minimum absolute atomic E-state index is 0.0688. The van der Waals surface area contributed by atoms with E-state index in [-0.39, 0.29) is 5.69 Å². The van der Waals surface area contributed by atoms with Gasteiger partial charge in [0.2, 0.25) is 4.96 Å². The third-order valence-corrected chi connectivity index (χ3v) is 4.41. The number of benzene rings is 2. The maximum Gasteiger partial charge on any atom is 0.269 e. The lowest BCUT2D eigenvalue weighted by Crippen LogP contribution is -1.87. The molecule has 112 valence electrons. The molecule has 0 bridgehead atoms. The minimum Gasteiger partial charge on any atom is -0.258 e. The SMILES string of the molecule is O=[N+]([O-])c1ccc(-c2cn3nc(-c4ccccc4)sc3n2)cc1. The van der Waals surface area contributed by atoms with E-state index in [1.807, 2.05) is 36.5 Å². The number of nitrogens with zero attached hydrogens (tertiary/aromatic N) is 4. The first-order valence-corrected chi connectivity index (χ1v) is 7.69. The van der Waals surface area contributed by atoms with Gasteiger partial charge in [-0.05, 0) is 12.1 Å². The zero-order valence-electron chi connectivity index (χ0n) is 11.8. The summed E-state index contributed by atoms with van der Waals surface area (Å²) in [6.07, 6.45) is 1.83. The Hall–Kier alpha value is -3.06. The van der Waals surface area contributed by atoms with E-state index in [1.165, 1.54) is 23.5 Å². The second-order valence-corrected chi connectivity index (χ2v) is 5.89. The molecule has 0 amide bonds. The van der Waals surface area contributed by atoms with Gasteiger partial charge in [0.15, 0.2) is 0 Å². The van der Waals surface area contributed by atoms with Crippen molar-refractivity contribution in [3.63, 3.8) is 0 Å². The maximum absolute atomic E-state index is 10.7. The highest BCUT2D eigenvalue weighted by Crippen LogP contribution is 2.28. The lowest BCUT2D eigenvalue weighted by atomic mass is 10.1. The molecule has 0 N–H and O–H groups in total. The topological polar surface area (TPSA) is 73.3 Å². The largest absolute Gasteiger partial charge is 0.269 e. The summed E-state index contributed by atoms with van der Waals surface area (Å²) < 4.78 is 1.74. The quantitative estimate of drug-likeness (QED) is 0.421. The average molecular weight is 322 g/mol. The van der Waals surface area contributed by atoms with Crippen LogP contribution < -0.4 is 0 Å². The second-order valence-electron chi connectivity index (χ2n) is 4.93. The van der Waals surface area contributed by atoms with Crippen LogP contribution in [0.5, 0.6) is 0 Å². The van der Waals surface area contributed by atoms with Crippen molar-refractivity contribution in [2.24, 2.45) is 0 Å². The van der Waals surface area contributed by atoms with Crippen LogP contribution in [0.4, 0.5) is 5.69 Å². The fraction of sp³-hybridized carbons (Fsp3) is 0. The molecule has 0 aliphatic heterocycles. The van der Waals surface area contributed by atoms with E-state index in [2.05, 4.69) is 10.1 Å². The monoisotopic (exact) mass is 322 g/mol. The highest BCUT2D eigenvalue weighted by Gasteiger charge is 2.12. The number of rotatable bonds is 3. The van der Waals surface area contributed by atoms with Gasteiger partial charge in [-0.2, -0.15) is 5.10 Å². The zero-order valence-corrected chi connectivity index (χ0v) is 12.6. The Morgan fingerprint density at radius 1 is 1.00 bits per heavy atom. The second kappa shape index (κ2) is 5.29. The summed E-state index contributed by atoms with van der Waals surface area (Å²) in [5, 5.41) is 16.1. The Kier molecular flexibility index (Phi) is 3.13. The Morgan fingerprint density at radius 2 is 1.74 bits per heavy atom. The summed E-state index contributed by atoms with van der Waals surface area (Å²) >= 11 is 1.51. The third kappa shape index (κ3) is 2.47. The fourth-order valence-corrected chi connectivity index (χ4v) is 3.18. The van der Waals surface area contributed by atoms with Gasteiger partial charge in [0, 0.05) is 23.3 Å². The van der Waals surface area contributed by atoms with Gasteiger partial charge >= 0.3 is 0 Å². The molecule has 2 aromatic heterocycles. The predicted octanol–water partition coefficient (Wildman–Crippen LogP) is 4.03. The van der Waals surface area contributed by atoms with Gasteiger partial charge in [-0.15, -0.1) is 0 Å². The maximum atomic E-state index is 10.7. The van der Waals surface area contributed by atoms with Crippen LogP contribution in [-0.2, 0) is 0 Å². The van der Waals surface area contributed by atoms with Gasteiger partial charge in [-0.25, -0.2) is 9.50 Å². The van der Waals surface area contributed by atoms with E-state index in [4.69, 9.17) is 0 Å². The van der Waals surface area contributed by atoms with Crippen LogP contribution in [-0.4, -0.2) is 19.5 Å². The normalized spacial score (nSPS) is 11.0. The molecule has 0 aliphatic carbocycles. The number of nitro groups is 1. The summed E-state index contributed by atoms with van der Waals surface area (Å²) in [7, 11) is 0. The summed E-state index contributed by atoms with van der Waals surface area (Å²) in [5.41, 5.74) is 2.70. The Balaban J connectivity index is 1.70. The number of non-ortho nitro benzene ring substituents is 1. The van der Waals surface area contributed by atoms with Crippen LogP contribution in [0.15, 0.2) is 60.8 Å². The molecule has 0 saturated heterocycles. The van der Waals surface area contributed by atoms with E-state index < -0.39 is 4.92 Å². The van der Waals surface area contributed by atoms with Crippen LogP contribution >= 0.6 is 11.3 Å². The molecule has 2 aromatic carbocycles. The molecule has 7 heteroatoms. The molecule has 6 nitrogen and oxygen atoms in total. The molecule has 0 spiro atoms. The number of imidazole rings is 1. The zero-order chi connectivity index (χ0) is 15.8. The molecule has 0 atom stereocenters. The molecule has 4 aromatic rings. The van der Waals surface area contributed by atoms with Crippen molar-refractivity contribution in [1.82, 2.24) is 14.6 Å². The minimum atomic E-state index is -0.413. The number of hydrogen-bond acceptors (Lipinski definition) is 5. The highest BCUT2D eigenvalue weighted by atomic mass is 32.1. The van der Waals surface area contributed by atoms with E-state index in [0.29, 0.717) is 0 Å². The van der Waals surface area contributed by atoms with Crippen molar-refractivity contribution in [2.45, 2.75) is 0 Å². The van der Waals surface area contributed by atoms with Crippen molar-refractivity contribution < 1.29 is 4.92 Å².